The van der Waals surface area contributed by atoms with E-state index in [1.54, 1.807) is 13.2 Å². The van der Waals surface area contributed by atoms with E-state index < -0.39 is 11.7 Å². The molecule has 1 saturated heterocycles. The highest BCUT2D eigenvalue weighted by Crippen LogP contribution is 2.42. The van der Waals surface area contributed by atoms with Crippen molar-refractivity contribution in [3.8, 4) is 5.75 Å². The first kappa shape index (κ1) is 32.3. The predicted octanol–water partition coefficient (Wildman–Crippen LogP) is 7.18. The maximum absolute atomic E-state index is 14.0. The normalized spacial score (nSPS) is 19.5. The van der Waals surface area contributed by atoms with E-state index in [-0.39, 0.29) is 29.6 Å². The number of allylic oxidation sites excluding steroid dienone is 2. The Balaban J connectivity index is 1.58. The number of hydrazine groups is 1. The molecule has 0 spiro atoms. The average Bonchev–Trinajstić information content (AvgIpc) is 3.05. The lowest BCUT2D eigenvalue weighted by Crippen LogP contribution is -2.58. The number of carbonyl (C=O) groups excluding carboxylic acids is 1. The number of nitrogens with zero attached hydrogens (tertiary/aromatic N) is 2. The van der Waals surface area contributed by atoms with Crippen LogP contribution in [0.2, 0.25) is 0 Å². The lowest BCUT2D eigenvalue weighted by atomic mass is 9.85. The number of aromatic carboxylic acids is 1. The molecule has 8 nitrogen and oxygen atoms in total. The number of nitrogens with one attached hydrogen (secondary N) is 1. The minimum Gasteiger partial charge on any atom is -0.496 e. The lowest BCUT2D eigenvalue weighted by Gasteiger charge is -2.45. The number of benzene rings is 3. The Morgan fingerprint density at radius 3 is 2.42 bits per heavy atom. The van der Waals surface area contributed by atoms with Crippen LogP contribution in [0.4, 0.5) is 11.4 Å². The number of carboxylic acid groups (broad SMARTS) is 1. The molecule has 0 bridgehead atoms. The Bertz CT molecular complexity index is 1620. The first-order valence-electron chi connectivity index (χ1n) is 15.2. The van der Waals surface area contributed by atoms with Crippen molar-refractivity contribution in [2.24, 2.45) is 0 Å². The highest BCUT2D eigenvalue weighted by atomic mass is 79.9. The third-order valence-electron chi connectivity index (χ3n) is 8.61. The molecule has 3 aromatic rings. The smallest absolute Gasteiger partial charge is 0.339 e. The van der Waals surface area contributed by atoms with E-state index in [0.717, 1.165) is 48.4 Å². The number of para-hydroxylation sites is 1. The molecule has 236 valence electrons. The molecule has 2 atom stereocenters. The van der Waals surface area contributed by atoms with Crippen LogP contribution in [0.3, 0.4) is 0 Å². The van der Waals surface area contributed by atoms with Crippen molar-refractivity contribution in [2.75, 3.05) is 37.2 Å². The predicted molar refractivity (Wildman–Crippen MR) is 181 cm³/mol. The van der Waals surface area contributed by atoms with Gasteiger partial charge in [0, 0.05) is 30.6 Å². The summed E-state index contributed by atoms with van der Waals surface area (Å²) in [6.45, 7) is 6.00. The number of anilines is 2. The molecule has 2 unspecified atom stereocenters. The number of carbonyl (C=O) groups is 2. The van der Waals surface area contributed by atoms with E-state index >= 15 is 0 Å². The summed E-state index contributed by atoms with van der Waals surface area (Å²) in [6, 6.07) is 19.6. The highest BCUT2D eigenvalue weighted by molar-refractivity contribution is 9.10. The summed E-state index contributed by atoms with van der Waals surface area (Å²) in [5, 5.41) is 11.4. The number of methoxy groups -OCH3 is 2. The van der Waals surface area contributed by atoms with Crippen molar-refractivity contribution in [1.82, 2.24) is 5.43 Å². The van der Waals surface area contributed by atoms with Gasteiger partial charge < -0.3 is 19.5 Å². The molecule has 5 rings (SSSR count). The lowest BCUT2D eigenvalue weighted by molar-refractivity contribution is -0.121. The fourth-order valence-corrected chi connectivity index (χ4v) is 6.77. The van der Waals surface area contributed by atoms with Crippen LogP contribution in [0.1, 0.15) is 59.2 Å². The Morgan fingerprint density at radius 2 is 1.78 bits per heavy atom. The number of piperidine rings is 1. The van der Waals surface area contributed by atoms with Crippen LogP contribution >= 0.6 is 15.9 Å². The second kappa shape index (κ2) is 13.9. The summed E-state index contributed by atoms with van der Waals surface area (Å²) >= 11 is 3.47. The van der Waals surface area contributed by atoms with Crippen molar-refractivity contribution >= 4 is 39.2 Å². The molecule has 2 aliphatic rings. The van der Waals surface area contributed by atoms with Gasteiger partial charge in [0.25, 0.3) is 0 Å². The van der Waals surface area contributed by atoms with Crippen molar-refractivity contribution in [3.63, 3.8) is 0 Å². The number of aryl methyl sites for hydroxylation is 1. The van der Waals surface area contributed by atoms with Gasteiger partial charge in [-0.3, -0.25) is 10.2 Å². The second-order valence-electron chi connectivity index (χ2n) is 11.6. The summed E-state index contributed by atoms with van der Waals surface area (Å²) in [5.74, 6) is -1.15. The van der Waals surface area contributed by atoms with E-state index in [0.29, 0.717) is 10.0 Å². The standard InChI is InChI=1S/C36H40BrN3O5/c1-24-12-11-15-31(39-18-9-6-10-19-39)34(24)40(36(45-4)17-16-28(25(2)23-36)26-13-7-5-8-14-26)38-33(41)21-27-20-32(44-3)29(35(42)43)22-30(27)37/h5,7-8,11-17,20,22-23,28H,6,9-10,18-19,21H2,1-4H3,(H,38,41)(H,42,43). The van der Waals surface area contributed by atoms with Crippen molar-refractivity contribution < 1.29 is 24.2 Å². The molecule has 2 N–H and O–H groups in total. The zero-order valence-electron chi connectivity index (χ0n) is 26.2. The van der Waals surface area contributed by atoms with Gasteiger partial charge in [-0.05, 0) is 80.2 Å². The zero-order valence-corrected chi connectivity index (χ0v) is 27.8. The number of halogens is 1. The minimum atomic E-state index is -1.12. The van der Waals surface area contributed by atoms with Crippen LogP contribution in [0, 0.1) is 6.92 Å². The van der Waals surface area contributed by atoms with Crippen molar-refractivity contribution in [2.45, 2.75) is 51.2 Å². The van der Waals surface area contributed by atoms with Gasteiger partial charge in [-0.1, -0.05) is 70.0 Å². The maximum Gasteiger partial charge on any atom is 0.339 e. The van der Waals surface area contributed by atoms with Crippen LogP contribution in [0.5, 0.6) is 5.75 Å². The van der Waals surface area contributed by atoms with Crippen molar-refractivity contribution in [3.05, 3.63) is 111 Å². The van der Waals surface area contributed by atoms with Gasteiger partial charge in [-0.25, -0.2) is 9.80 Å². The molecule has 9 heteroatoms. The van der Waals surface area contributed by atoms with Gasteiger partial charge in [0.05, 0.1) is 24.9 Å². The molecular weight excluding hydrogens is 634 g/mol. The van der Waals surface area contributed by atoms with E-state index in [4.69, 9.17) is 9.47 Å². The number of carboxylic acids is 1. The van der Waals surface area contributed by atoms with Gasteiger partial charge in [0.15, 0.2) is 5.72 Å². The first-order chi connectivity index (χ1) is 21.7. The molecule has 1 fully saturated rings. The summed E-state index contributed by atoms with van der Waals surface area (Å²) < 4.78 is 12.2. The van der Waals surface area contributed by atoms with Crippen LogP contribution in [0.25, 0.3) is 0 Å². The molecule has 1 heterocycles. The maximum atomic E-state index is 14.0. The van der Waals surface area contributed by atoms with Crippen LogP contribution in [0.15, 0.2) is 88.9 Å². The van der Waals surface area contributed by atoms with Gasteiger partial charge >= 0.3 is 5.97 Å². The number of rotatable bonds is 10. The third-order valence-corrected chi connectivity index (χ3v) is 9.35. The fourth-order valence-electron chi connectivity index (χ4n) is 6.29. The summed E-state index contributed by atoms with van der Waals surface area (Å²) in [6.07, 6.45) is 9.62. The highest BCUT2D eigenvalue weighted by Gasteiger charge is 2.40. The largest absolute Gasteiger partial charge is 0.496 e. The van der Waals surface area contributed by atoms with Gasteiger partial charge in [0.2, 0.25) is 5.91 Å². The Kier molecular flexibility index (Phi) is 9.99. The minimum absolute atomic E-state index is 0.0144. The number of hydrogen-bond acceptors (Lipinski definition) is 6. The third kappa shape index (κ3) is 6.79. The van der Waals surface area contributed by atoms with E-state index in [9.17, 15) is 14.7 Å². The first-order valence-corrected chi connectivity index (χ1v) is 16.0. The van der Waals surface area contributed by atoms with Crippen LogP contribution in [-0.2, 0) is 16.0 Å². The molecule has 1 amide bonds. The average molecular weight is 675 g/mol. The monoisotopic (exact) mass is 673 g/mol. The van der Waals surface area contributed by atoms with Gasteiger partial charge in [0.1, 0.15) is 11.3 Å². The summed E-state index contributed by atoms with van der Waals surface area (Å²) in [7, 11) is 3.07. The zero-order chi connectivity index (χ0) is 32.1. The summed E-state index contributed by atoms with van der Waals surface area (Å²) in [4.78, 5) is 28.1. The summed E-state index contributed by atoms with van der Waals surface area (Å²) in [5.41, 5.74) is 7.85. The Hall–Kier alpha value is -4.08. The topological polar surface area (TPSA) is 91.3 Å². The molecule has 3 aromatic carbocycles. The van der Waals surface area contributed by atoms with E-state index in [1.807, 2.05) is 42.3 Å². The van der Waals surface area contributed by atoms with Crippen molar-refractivity contribution in [1.29, 1.82) is 0 Å². The molecule has 0 saturated carbocycles. The fraction of sp³-hybridized carbons (Fsp3) is 0.333. The molecule has 0 radical (unpaired) electrons. The molecular formula is C36H40BrN3O5. The van der Waals surface area contributed by atoms with Crippen LogP contribution < -0.4 is 20.1 Å². The number of ether oxygens (including phenoxy) is 2. The van der Waals surface area contributed by atoms with E-state index in [2.05, 4.69) is 69.6 Å². The molecule has 1 aliphatic carbocycles. The molecule has 1 aliphatic heterocycles. The number of amides is 1. The molecule has 0 aromatic heterocycles. The second-order valence-corrected chi connectivity index (χ2v) is 12.4. The van der Waals surface area contributed by atoms with Gasteiger partial charge in [-0.2, -0.15) is 0 Å². The quantitative estimate of drug-likeness (QED) is 0.134. The van der Waals surface area contributed by atoms with Gasteiger partial charge in [-0.15, -0.1) is 0 Å². The number of hydrogen-bond donors (Lipinski definition) is 2. The molecule has 45 heavy (non-hydrogen) atoms. The Morgan fingerprint density at radius 1 is 1.04 bits per heavy atom. The van der Waals surface area contributed by atoms with Crippen LogP contribution in [-0.4, -0.2) is 50.0 Å². The van der Waals surface area contributed by atoms with E-state index in [1.165, 1.54) is 25.2 Å². The SMILES string of the molecule is COc1cc(CC(=O)NN(c2c(C)cccc2N2CCCCC2)C2(OC)C=CC(c3ccccc3)C(C)=C2)c(Br)cc1C(=O)O. The Labute approximate surface area is 273 Å².